The first-order valence-corrected chi connectivity index (χ1v) is 7.42. The first kappa shape index (κ1) is 13.9. The van der Waals surface area contributed by atoms with Crippen molar-refractivity contribution in [1.29, 1.82) is 0 Å². The highest BCUT2D eigenvalue weighted by Crippen LogP contribution is 2.30. The standard InChI is InChI=1S/C15H26O3/c1-11-3-7-14(8-4-11)18-15(16)12-5-9-13(17-2)10-6-12/h11-14H,3-10H2,1-2H3. The topological polar surface area (TPSA) is 35.5 Å². The zero-order valence-electron chi connectivity index (χ0n) is 11.7. The van der Waals surface area contributed by atoms with Crippen molar-refractivity contribution in [2.45, 2.75) is 70.5 Å². The van der Waals surface area contributed by atoms with Crippen LogP contribution in [0.5, 0.6) is 0 Å². The Morgan fingerprint density at radius 3 is 2.00 bits per heavy atom. The van der Waals surface area contributed by atoms with E-state index in [1.165, 1.54) is 12.8 Å². The Bertz CT molecular complexity index is 261. The molecule has 0 saturated heterocycles. The van der Waals surface area contributed by atoms with Gasteiger partial charge in [-0.1, -0.05) is 6.92 Å². The fraction of sp³-hybridized carbons (Fsp3) is 0.933. The van der Waals surface area contributed by atoms with Crippen LogP contribution in [0.4, 0.5) is 0 Å². The molecule has 0 aromatic rings. The minimum absolute atomic E-state index is 0.0455. The maximum Gasteiger partial charge on any atom is 0.309 e. The van der Waals surface area contributed by atoms with E-state index in [1.807, 2.05) is 0 Å². The third-order valence-corrected chi connectivity index (χ3v) is 4.59. The second kappa shape index (κ2) is 6.55. The lowest BCUT2D eigenvalue weighted by Gasteiger charge is -2.30. The molecule has 104 valence electrons. The van der Waals surface area contributed by atoms with Crippen molar-refractivity contribution < 1.29 is 14.3 Å². The quantitative estimate of drug-likeness (QED) is 0.725. The van der Waals surface area contributed by atoms with Crippen molar-refractivity contribution in [3.05, 3.63) is 0 Å². The number of methoxy groups -OCH3 is 1. The molecule has 2 aliphatic rings. The summed E-state index contributed by atoms with van der Waals surface area (Å²) in [6.07, 6.45) is 8.92. The summed E-state index contributed by atoms with van der Waals surface area (Å²) in [5, 5.41) is 0. The van der Waals surface area contributed by atoms with Crippen LogP contribution in [-0.4, -0.2) is 25.3 Å². The first-order valence-electron chi connectivity index (χ1n) is 7.42. The zero-order valence-corrected chi connectivity index (χ0v) is 11.7. The van der Waals surface area contributed by atoms with Gasteiger partial charge in [0, 0.05) is 7.11 Å². The number of carbonyl (C=O) groups excluding carboxylic acids is 1. The van der Waals surface area contributed by atoms with Crippen molar-refractivity contribution in [2.24, 2.45) is 11.8 Å². The molecule has 3 nitrogen and oxygen atoms in total. The van der Waals surface area contributed by atoms with Crippen LogP contribution < -0.4 is 0 Å². The summed E-state index contributed by atoms with van der Waals surface area (Å²) in [5.74, 6) is 0.969. The number of rotatable bonds is 3. The predicted octanol–water partition coefficient (Wildman–Crippen LogP) is 3.31. The Labute approximate surface area is 110 Å². The molecule has 0 amide bonds. The lowest BCUT2D eigenvalue weighted by atomic mass is 9.86. The number of hydrogen-bond donors (Lipinski definition) is 0. The highest BCUT2D eigenvalue weighted by molar-refractivity contribution is 5.72. The second-order valence-electron chi connectivity index (χ2n) is 6.03. The van der Waals surface area contributed by atoms with E-state index < -0.39 is 0 Å². The van der Waals surface area contributed by atoms with Gasteiger partial charge in [0.15, 0.2) is 0 Å². The molecule has 3 heteroatoms. The van der Waals surface area contributed by atoms with Gasteiger partial charge in [0.2, 0.25) is 0 Å². The molecule has 0 aromatic heterocycles. The van der Waals surface area contributed by atoms with E-state index in [9.17, 15) is 4.79 Å². The van der Waals surface area contributed by atoms with Crippen molar-refractivity contribution in [3.8, 4) is 0 Å². The number of ether oxygens (including phenoxy) is 2. The molecule has 2 rings (SSSR count). The van der Waals surface area contributed by atoms with Gasteiger partial charge in [-0.3, -0.25) is 4.79 Å². The monoisotopic (exact) mass is 254 g/mol. The van der Waals surface area contributed by atoms with Crippen molar-refractivity contribution in [3.63, 3.8) is 0 Å². The molecule has 18 heavy (non-hydrogen) atoms. The Hall–Kier alpha value is -0.570. The lowest BCUT2D eigenvalue weighted by Crippen LogP contribution is -2.31. The van der Waals surface area contributed by atoms with Gasteiger partial charge < -0.3 is 9.47 Å². The fourth-order valence-corrected chi connectivity index (χ4v) is 3.14. The zero-order chi connectivity index (χ0) is 13.0. The maximum absolute atomic E-state index is 12.1. The SMILES string of the molecule is COC1CCC(C(=O)OC2CCC(C)CC2)CC1. The predicted molar refractivity (Wildman–Crippen MR) is 70.3 cm³/mol. The molecule has 0 unspecified atom stereocenters. The summed E-state index contributed by atoms with van der Waals surface area (Å²) in [7, 11) is 1.76. The van der Waals surface area contributed by atoms with E-state index in [1.54, 1.807) is 7.11 Å². The molecule has 0 aromatic carbocycles. The number of hydrogen-bond acceptors (Lipinski definition) is 3. The van der Waals surface area contributed by atoms with Gasteiger partial charge in [-0.05, 0) is 57.3 Å². The molecule has 0 heterocycles. The molecule has 0 N–H and O–H groups in total. The fourth-order valence-electron chi connectivity index (χ4n) is 3.14. The Balaban J connectivity index is 1.72. The van der Waals surface area contributed by atoms with Crippen LogP contribution in [0.15, 0.2) is 0 Å². The third kappa shape index (κ3) is 3.71. The number of esters is 1. The molecule has 0 aliphatic heterocycles. The van der Waals surface area contributed by atoms with Gasteiger partial charge >= 0.3 is 5.97 Å². The molecule has 0 bridgehead atoms. The highest BCUT2D eigenvalue weighted by Gasteiger charge is 2.30. The Morgan fingerprint density at radius 2 is 1.44 bits per heavy atom. The molecule has 0 radical (unpaired) electrons. The summed E-state index contributed by atoms with van der Waals surface area (Å²) in [5.41, 5.74) is 0. The molecule has 0 spiro atoms. The van der Waals surface area contributed by atoms with Crippen LogP contribution in [0.25, 0.3) is 0 Å². The van der Waals surface area contributed by atoms with Crippen LogP contribution >= 0.6 is 0 Å². The Morgan fingerprint density at radius 1 is 0.889 bits per heavy atom. The van der Waals surface area contributed by atoms with E-state index in [0.717, 1.165) is 44.4 Å². The van der Waals surface area contributed by atoms with Crippen molar-refractivity contribution in [2.75, 3.05) is 7.11 Å². The normalized spacial score (nSPS) is 37.2. The van der Waals surface area contributed by atoms with E-state index in [4.69, 9.17) is 9.47 Å². The van der Waals surface area contributed by atoms with E-state index in [2.05, 4.69) is 6.92 Å². The summed E-state index contributed by atoms with van der Waals surface area (Å²) < 4.78 is 11.0. The molecular weight excluding hydrogens is 228 g/mol. The minimum Gasteiger partial charge on any atom is -0.462 e. The van der Waals surface area contributed by atoms with Crippen molar-refractivity contribution >= 4 is 5.97 Å². The van der Waals surface area contributed by atoms with Crippen LogP contribution in [0.2, 0.25) is 0 Å². The van der Waals surface area contributed by atoms with Gasteiger partial charge in [0.1, 0.15) is 6.10 Å². The third-order valence-electron chi connectivity index (χ3n) is 4.59. The Kier molecular flexibility index (Phi) is 5.04. The van der Waals surface area contributed by atoms with Crippen LogP contribution in [0.1, 0.15) is 58.3 Å². The van der Waals surface area contributed by atoms with Gasteiger partial charge in [-0.2, -0.15) is 0 Å². The molecule has 2 aliphatic carbocycles. The highest BCUT2D eigenvalue weighted by atomic mass is 16.5. The molecule has 2 saturated carbocycles. The summed E-state index contributed by atoms with van der Waals surface area (Å²) in [6, 6.07) is 0. The summed E-state index contributed by atoms with van der Waals surface area (Å²) in [4.78, 5) is 12.1. The lowest BCUT2D eigenvalue weighted by molar-refractivity contribution is -0.157. The van der Waals surface area contributed by atoms with Gasteiger partial charge in [0.25, 0.3) is 0 Å². The van der Waals surface area contributed by atoms with Crippen LogP contribution in [-0.2, 0) is 14.3 Å². The maximum atomic E-state index is 12.1. The van der Waals surface area contributed by atoms with Gasteiger partial charge in [-0.25, -0.2) is 0 Å². The summed E-state index contributed by atoms with van der Waals surface area (Å²) in [6.45, 7) is 2.28. The van der Waals surface area contributed by atoms with E-state index >= 15 is 0 Å². The van der Waals surface area contributed by atoms with Crippen molar-refractivity contribution in [1.82, 2.24) is 0 Å². The second-order valence-corrected chi connectivity index (χ2v) is 6.03. The molecular formula is C15H26O3. The molecule has 0 atom stereocenters. The summed E-state index contributed by atoms with van der Waals surface area (Å²) >= 11 is 0. The van der Waals surface area contributed by atoms with Gasteiger partial charge in [0.05, 0.1) is 12.0 Å². The van der Waals surface area contributed by atoms with Gasteiger partial charge in [-0.15, -0.1) is 0 Å². The minimum atomic E-state index is 0.0455. The van der Waals surface area contributed by atoms with Crippen LogP contribution in [0, 0.1) is 11.8 Å². The van der Waals surface area contributed by atoms with E-state index in [-0.39, 0.29) is 18.0 Å². The van der Waals surface area contributed by atoms with Crippen LogP contribution in [0.3, 0.4) is 0 Å². The molecule has 2 fully saturated rings. The average Bonchev–Trinajstić information content (AvgIpc) is 2.41. The first-order chi connectivity index (χ1) is 8.69. The largest absolute Gasteiger partial charge is 0.462 e. The smallest absolute Gasteiger partial charge is 0.309 e. The number of carbonyl (C=O) groups is 1. The average molecular weight is 254 g/mol. The van der Waals surface area contributed by atoms with E-state index in [0.29, 0.717) is 6.10 Å².